The number of furan rings is 1. The van der Waals surface area contributed by atoms with Gasteiger partial charge < -0.3 is 23.4 Å². The van der Waals surface area contributed by atoms with E-state index in [1.165, 1.54) is 14.2 Å². The highest BCUT2D eigenvalue weighted by molar-refractivity contribution is 5.99. The number of cyclic esters (lactones) is 1. The van der Waals surface area contributed by atoms with E-state index in [-0.39, 0.29) is 29.3 Å². The van der Waals surface area contributed by atoms with E-state index in [9.17, 15) is 19.2 Å². The normalized spacial score (nSPS) is 20.1. The summed E-state index contributed by atoms with van der Waals surface area (Å²) in [5.41, 5.74) is 2.41. The third kappa shape index (κ3) is 6.56. The molecule has 0 N–H and O–H groups in total. The zero-order valence-electron chi connectivity index (χ0n) is 24.5. The summed E-state index contributed by atoms with van der Waals surface area (Å²) in [6, 6.07) is 12.0. The molecule has 0 bridgehead atoms. The third-order valence-electron chi connectivity index (χ3n) is 7.72. The Bertz CT molecular complexity index is 1560. The standard InChI is InChI=1S/C34H34O9/c1-20-8-7-11-24(35)10-6-4-5-9-23-18-28-31(32(39-2)30(23)34(38)41-20)25(19-29(36)43-28)27-17-16-26(42-27)21-12-14-22(15-13-21)33(37)40-3/h5,9,12-18,20,25H,4,6-8,10-11,19H2,1-3H3/b9-5+/t20-,25?/m0/s1. The monoisotopic (exact) mass is 586 g/mol. The topological polar surface area (TPSA) is 118 Å². The minimum atomic E-state index is -0.590. The number of Topliss-reactive ketones (excluding diaryl/α,β-unsaturated/α-hetero) is 1. The van der Waals surface area contributed by atoms with Crippen LogP contribution in [0, 0.1) is 0 Å². The molecule has 2 aromatic carbocycles. The lowest BCUT2D eigenvalue weighted by Gasteiger charge is -2.27. The van der Waals surface area contributed by atoms with Crippen molar-refractivity contribution < 1.29 is 42.5 Å². The lowest BCUT2D eigenvalue weighted by Crippen LogP contribution is -2.24. The minimum Gasteiger partial charge on any atom is -0.495 e. The molecule has 0 radical (unpaired) electrons. The molecule has 2 atom stereocenters. The van der Waals surface area contributed by atoms with Crippen LogP contribution in [0.25, 0.3) is 17.4 Å². The van der Waals surface area contributed by atoms with Crippen molar-refractivity contribution in [3.05, 3.63) is 76.6 Å². The molecule has 1 unspecified atom stereocenters. The van der Waals surface area contributed by atoms with Crippen molar-refractivity contribution in [2.75, 3.05) is 14.2 Å². The first-order chi connectivity index (χ1) is 20.8. The molecule has 0 spiro atoms. The highest BCUT2D eigenvalue weighted by Crippen LogP contribution is 2.48. The first-order valence-electron chi connectivity index (χ1n) is 14.4. The predicted octanol–water partition coefficient (Wildman–Crippen LogP) is 6.66. The Morgan fingerprint density at radius 2 is 1.74 bits per heavy atom. The van der Waals surface area contributed by atoms with Crippen molar-refractivity contribution in [1.82, 2.24) is 0 Å². The van der Waals surface area contributed by atoms with Crippen molar-refractivity contribution >= 4 is 29.8 Å². The molecule has 9 heteroatoms. The zero-order valence-corrected chi connectivity index (χ0v) is 24.5. The summed E-state index contributed by atoms with van der Waals surface area (Å²) in [5.74, 6) is -0.257. The lowest BCUT2D eigenvalue weighted by atomic mass is 9.86. The number of allylic oxidation sites excluding steroid dienone is 1. The number of carbonyl (C=O) groups is 4. The van der Waals surface area contributed by atoms with Gasteiger partial charge in [0.25, 0.3) is 0 Å². The predicted molar refractivity (Wildman–Crippen MR) is 157 cm³/mol. The van der Waals surface area contributed by atoms with Gasteiger partial charge in [-0.25, -0.2) is 9.59 Å². The Labute approximate surface area is 249 Å². The number of ketones is 1. The molecule has 2 aliphatic heterocycles. The number of benzene rings is 2. The van der Waals surface area contributed by atoms with Crippen molar-refractivity contribution in [1.29, 1.82) is 0 Å². The van der Waals surface area contributed by atoms with E-state index in [2.05, 4.69) is 0 Å². The van der Waals surface area contributed by atoms with Crippen LogP contribution in [0.1, 0.15) is 95.4 Å². The summed E-state index contributed by atoms with van der Waals surface area (Å²) >= 11 is 0. The van der Waals surface area contributed by atoms with Gasteiger partial charge in [0, 0.05) is 24.0 Å². The van der Waals surface area contributed by atoms with E-state index in [1.54, 1.807) is 55.5 Å². The van der Waals surface area contributed by atoms with Crippen LogP contribution in [0.3, 0.4) is 0 Å². The minimum absolute atomic E-state index is 0.0221. The molecule has 2 aliphatic rings. The average Bonchev–Trinajstić information content (AvgIpc) is 3.49. The largest absolute Gasteiger partial charge is 0.495 e. The second-order valence-corrected chi connectivity index (χ2v) is 10.7. The molecule has 9 nitrogen and oxygen atoms in total. The van der Waals surface area contributed by atoms with Crippen LogP contribution in [-0.4, -0.2) is 44.0 Å². The number of hydrogen-bond donors (Lipinski definition) is 0. The third-order valence-corrected chi connectivity index (χ3v) is 7.72. The Kier molecular flexibility index (Phi) is 9.09. The van der Waals surface area contributed by atoms with Crippen molar-refractivity contribution in [2.24, 2.45) is 0 Å². The molecule has 0 aliphatic carbocycles. The Morgan fingerprint density at radius 3 is 2.49 bits per heavy atom. The molecule has 0 amide bonds. The van der Waals surface area contributed by atoms with Crippen molar-refractivity contribution in [2.45, 2.75) is 63.9 Å². The van der Waals surface area contributed by atoms with Gasteiger partial charge in [-0.15, -0.1) is 0 Å². The van der Waals surface area contributed by atoms with Crippen LogP contribution < -0.4 is 9.47 Å². The fourth-order valence-electron chi connectivity index (χ4n) is 5.54. The van der Waals surface area contributed by atoms with Crippen LogP contribution in [0.4, 0.5) is 0 Å². The van der Waals surface area contributed by atoms with Crippen LogP contribution in [0.2, 0.25) is 0 Å². The summed E-state index contributed by atoms with van der Waals surface area (Å²) < 4.78 is 28.4. The second-order valence-electron chi connectivity index (χ2n) is 10.7. The van der Waals surface area contributed by atoms with Crippen LogP contribution in [0.15, 0.2) is 53.0 Å². The summed E-state index contributed by atoms with van der Waals surface area (Å²) in [7, 11) is 2.79. The van der Waals surface area contributed by atoms with Gasteiger partial charge in [-0.2, -0.15) is 0 Å². The number of rotatable bonds is 4. The highest BCUT2D eigenvalue weighted by Gasteiger charge is 2.37. The number of esters is 3. The van der Waals surface area contributed by atoms with Crippen molar-refractivity contribution in [3.8, 4) is 22.8 Å². The van der Waals surface area contributed by atoms with E-state index >= 15 is 0 Å². The zero-order chi connectivity index (χ0) is 30.5. The van der Waals surface area contributed by atoms with E-state index in [0.29, 0.717) is 66.7 Å². The van der Waals surface area contributed by atoms with Crippen LogP contribution >= 0.6 is 0 Å². The first kappa shape index (κ1) is 29.8. The molecule has 1 aromatic heterocycles. The summed E-state index contributed by atoms with van der Waals surface area (Å²) in [6.45, 7) is 1.81. The smallest absolute Gasteiger partial charge is 0.342 e. The number of hydrogen-bond acceptors (Lipinski definition) is 9. The lowest BCUT2D eigenvalue weighted by molar-refractivity contribution is -0.135. The molecule has 0 fully saturated rings. The SMILES string of the molecule is COC(=O)c1ccc(-c2ccc(C3CC(=O)Oc4cc5c(c(OC)c43)C(=O)O[C@@H](C)CCCC(=O)CCC/C=C/5)o2)cc1. The van der Waals surface area contributed by atoms with E-state index < -0.39 is 29.9 Å². The van der Waals surface area contributed by atoms with E-state index in [4.69, 9.17) is 23.4 Å². The molecular formula is C34H34O9. The van der Waals surface area contributed by atoms with Gasteiger partial charge in [0.1, 0.15) is 34.4 Å². The number of carbonyl (C=O) groups excluding carboxylic acids is 4. The molecular weight excluding hydrogens is 552 g/mol. The highest BCUT2D eigenvalue weighted by atomic mass is 16.6. The van der Waals surface area contributed by atoms with Gasteiger partial charge in [-0.1, -0.05) is 24.3 Å². The number of fused-ring (bicyclic) bond motifs is 2. The van der Waals surface area contributed by atoms with Crippen LogP contribution in [0.5, 0.6) is 11.5 Å². The molecule has 224 valence electrons. The van der Waals surface area contributed by atoms with Gasteiger partial charge in [0.2, 0.25) is 0 Å². The maximum absolute atomic E-state index is 13.6. The maximum Gasteiger partial charge on any atom is 0.342 e. The summed E-state index contributed by atoms with van der Waals surface area (Å²) in [5, 5.41) is 0. The first-order valence-corrected chi connectivity index (χ1v) is 14.4. The van der Waals surface area contributed by atoms with Gasteiger partial charge in [0.15, 0.2) is 0 Å². The number of ether oxygens (including phenoxy) is 4. The number of methoxy groups -OCH3 is 2. The summed E-state index contributed by atoms with van der Waals surface area (Å²) in [4.78, 5) is 50.4. The van der Waals surface area contributed by atoms with Crippen molar-refractivity contribution in [3.63, 3.8) is 0 Å². The average molecular weight is 587 g/mol. The van der Waals surface area contributed by atoms with Gasteiger partial charge in [0.05, 0.1) is 38.2 Å². The molecule has 43 heavy (non-hydrogen) atoms. The maximum atomic E-state index is 13.6. The second kappa shape index (κ2) is 13.1. The Balaban J connectivity index is 1.56. The fourth-order valence-corrected chi connectivity index (χ4v) is 5.54. The molecule has 5 rings (SSSR count). The van der Waals surface area contributed by atoms with E-state index in [0.717, 1.165) is 5.56 Å². The molecule has 3 heterocycles. The molecule has 0 saturated carbocycles. The van der Waals surface area contributed by atoms with Gasteiger partial charge in [-0.3, -0.25) is 9.59 Å². The van der Waals surface area contributed by atoms with Gasteiger partial charge in [-0.05, 0) is 68.5 Å². The molecule has 0 saturated heterocycles. The summed E-state index contributed by atoms with van der Waals surface area (Å²) in [6.07, 6.45) is 6.76. The van der Waals surface area contributed by atoms with Gasteiger partial charge >= 0.3 is 17.9 Å². The molecule has 3 aromatic rings. The van der Waals surface area contributed by atoms with Crippen LogP contribution in [-0.2, 0) is 19.1 Å². The Morgan fingerprint density at radius 1 is 0.977 bits per heavy atom. The van der Waals surface area contributed by atoms with E-state index in [1.807, 2.05) is 6.08 Å². The Hall–Kier alpha value is -4.66. The fraction of sp³-hybridized carbons (Fsp3) is 0.353. The quantitative estimate of drug-likeness (QED) is 0.244.